The van der Waals surface area contributed by atoms with E-state index in [2.05, 4.69) is 5.32 Å². The van der Waals surface area contributed by atoms with Crippen LogP contribution < -0.4 is 14.8 Å². The number of carbonyl (C=O) groups is 1. The van der Waals surface area contributed by atoms with Crippen LogP contribution in [0.2, 0.25) is 0 Å². The number of carbonyl (C=O) groups excluding carboxylic acids is 1. The summed E-state index contributed by atoms with van der Waals surface area (Å²) in [4.78, 5) is 12.7. The van der Waals surface area contributed by atoms with Gasteiger partial charge in [0.15, 0.2) is 11.5 Å². The molecule has 6 nitrogen and oxygen atoms in total. The Morgan fingerprint density at radius 1 is 0.941 bits per heavy atom. The molecule has 0 bridgehead atoms. The highest BCUT2D eigenvalue weighted by atomic mass is 19.1. The lowest BCUT2D eigenvalue weighted by Gasteiger charge is -2.12. The zero-order valence-corrected chi connectivity index (χ0v) is 19.1. The van der Waals surface area contributed by atoms with Gasteiger partial charge in [0.25, 0.3) is 0 Å². The van der Waals surface area contributed by atoms with E-state index in [-0.39, 0.29) is 11.7 Å². The second kappa shape index (κ2) is 10.7. The van der Waals surface area contributed by atoms with Gasteiger partial charge in [-0.3, -0.25) is 4.79 Å². The van der Waals surface area contributed by atoms with E-state index in [1.165, 1.54) is 12.1 Å². The van der Waals surface area contributed by atoms with Crippen LogP contribution in [-0.4, -0.2) is 29.9 Å². The number of halogens is 1. The van der Waals surface area contributed by atoms with Crippen molar-refractivity contribution in [3.8, 4) is 28.4 Å². The normalized spacial score (nSPS) is 10.7. The molecule has 0 spiro atoms. The van der Waals surface area contributed by atoms with Crippen molar-refractivity contribution in [2.45, 2.75) is 19.4 Å². The van der Waals surface area contributed by atoms with Gasteiger partial charge in [-0.1, -0.05) is 30.3 Å². The van der Waals surface area contributed by atoms with Gasteiger partial charge in [-0.15, -0.1) is 0 Å². The molecule has 174 valence electrons. The summed E-state index contributed by atoms with van der Waals surface area (Å²) in [5, 5.41) is 7.69. The van der Waals surface area contributed by atoms with Crippen LogP contribution in [0.4, 0.5) is 4.39 Å². The lowest BCUT2D eigenvalue weighted by molar-refractivity contribution is -0.121. The summed E-state index contributed by atoms with van der Waals surface area (Å²) < 4.78 is 26.0. The van der Waals surface area contributed by atoms with Gasteiger partial charge in [0.1, 0.15) is 5.82 Å². The fourth-order valence-corrected chi connectivity index (χ4v) is 3.78. The summed E-state index contributed by atoms with van der Waals surface area (Å²) in [7, 11) is 3.17. The topological polar surface area (TPSA) is 65.4 Å². The first-order valence-electron chi connectivity index (χ1n) is 11.0. The maximum absolute atomic E-state index is 13.5. The molecule has 0 aliphatic carbocycles. The number of aryl methyl sites for hydroxylation is 1. The Balaban J connectivity index is 1.49. The molecular formula is C27H26FN3O3. The average molecular weight is 460 g/mol. The number of nitrogens with zero attached hydrogens (tertiary/aromatic N) is 2. The van der Waals surface area contributed by atoms with E-state index in [9.17, 15) is 9.18 Å². The van der Waals surface area contributed by atoms with E-state index >= 15 is 0 Å². The number of hydrogen-bond donors (Lipinski definition) is 1. The molecule has 1 amide bonds. The van der Waals surface area contributed by atoms with Crippen LogP contribution in [0.25, 0.3) is 16.9 Å². The molecule has 4 rings (SSSR count). The number of para-hydroxylation sites is 2. The molecule has 1 N–H and O–H groups in total. The van der Waals surface area contributed by atoms with Crippen LogP contribution in [0.1, 0.15) is 17.5 Å². The standard InChI is InChI=1S/C27H26FN3O3/c1-33-24-10-6-7-20(27(24)34-2)13-16-25(32)29-17-21-18-31(23-8-4-3-5-9-23)30-26(21)19-11-14-22(28)15-12-19/h3-12,14-15,18H,13,16-17H2,1-2H3,(H,29,32). The van der Waals surface area contributed by atoms with Crippen molar-refractivity contribution in [2.75, 3.05) is 14.2 Å². The highest BCUT2D eigenvalue weighted by molar-refractivity contribution is 5.76. The molecule has 0 aliphatic heterocycles. The van der Waals surface area contributed by atoms with Gasteiger partial charge in [0.05, 0.1) is 25.6 Å². The first-order valence-corrected chi connectivity index (χ1v) is 11.0. The number of hydrogen-bond acceptors (Lipinski definition) is 4. The van der Waals surface area contributed by atoms with Gasteiger partial charge in [0, 0.05) is 30.3 Å². The van der Waals surface area contributed by atoms with Crippen molar-refractivity contribution < 1.29 is 18.7 Å². The predicted octanol–water partition coefficient (Wildman–Crippen LogP) is 4.94. The lowest BCUT2D eigenvalue weighted by atomic mass is 10.1. The van der Waals surface area contributed by atoms with Gasteiger partial charge in [-0.2, -0.15) is 5.10 Å². The second-order valence-electron chi connectivity index (χ2n) is 7.72. The van der Waals surface area contributed by atoms with Crippen molar-refractivity contribution in [3.05, 3.63) is 95.9 Å². The Labute approximate surface area is 198 Å². The molecule has 4 aromatic rings. The molecule has 34 heavy (non-hydrogen) atoms. The molecular weight excluding hydrogens is 433 g/mol. The highest BCUT2D eigenvalue weighted by Gasteiger charge is 2.15. The minimum absolute atomic E-state index is 0.0950. The van der Waals surface area contributed by atoms with Crippen molar-refractivity contribution in [2.24, 2.45) is 0 Å². The molecule has 0 unspecified atom stereocenters. The zero-order valence-electron chi connectivity index (χ0n) is 19.1. The fraction of sp³-hybridized carbons (Fsp3) is 0.185. The van der Waals surface area contributed by atoms with Crippen LogP contribution in [0.15, 0.2) is 79.0 Å². The summed E-state index contributed by atoms with van der Waals surface area (Å²) in [5.74, 6) is 0.870. The van der Waals surface area contributed by atoms with Crippen molar-refractivity contribution >= 4 is 5.91 Å². The predicted molar refractivity (Wildman–Crippen MR) is 129 cm³/mol. The third-order valence-corrected chi connectivity index (χ3v) is 5.51. The van der Waals surface area contributed by atoms with Crippen LogP contribution in [0.3, 0.4) is 0 Å². The quantitative estimate of drug-likeness (QED) is 0.385. The first kappa shape index (κ1) is 23.0. The maximum Gasteiger partial charge on any atom is 0.220 e. The number of ether oxygens (including phenoxy) is 2. The Morgan fingerprint density at radius 2 is 1.71 bits per heavy atom. The SMILES string of the molecule is COc1cccc(CCC(=O)NCc2cn(-c3ccccc3)nc2-c2ccc(F)cc2)c1OC. The van der Waals surface area contributed by atoms with Crippen LogP contribution in [-0.2, 0) is 17.8 Å². The third kappa shape index (κ3) is 5.26. The highest BCUT2D eigenvalue weighted by Crippen LogP contribution is 2.31. The Hall–Kier alpha value is -4.13. The Morgan fingerprint density at radius 3 is 2.41 bits per heavy atom. The molecule has 0 atom stereocenters. The van der Waals surface area contributed by atoms with Crippen molar-refractivity contribution in [1.82, 2.24) is 15.1 Å². The molecule has 1 heterocycles. The average Bonchev–Trinajstić information content (AvgIpc) is 3.31. The van der Waals surface area contributed by atoms with E-state index in [0.29, 0.717) is 36.6 Å². The Bertz CT molecular complexity index is 1250. The minimum atomic E-state index is -0.311. The first-order chi connectivity index (χ1) is 16.6. The molecule has 3 aromatic carbocycles. The molecule has 7 heteroatoms. The van der Waals surface area contributed by atoms with E-state index in [1.54, 1.807) is 31.0 Å². The summed E-state index contributed by atoms with van der Waals surface area (Å²) in [6.45, 7) is 0.299. The third-order valence-electron chi connectivity index (χ3n) is 5.51. The van der Waals surface area contributed by atoms with E-state index in [0.717, 1.165) is 22.4 Å². The van der Waals surface area contributed by atoms with Crippen LogP contribution in [0, 0.1) is 5.82 Å². The van der Waals surface area contributed by atoms with Gasteiger partial charge in [0.2, 0.25) is 5.91 Å². The zero-order chi connectivity index (χ0) is 23.9. The minimum Gasteiger partial charge on any atom is -0.493 e. The maximum atomic E-state index is 13.5. The van der Waals surface area contributed by atoms with Gasteiger partial charge < -0.3 is 14.8 Å². The molecule has 1 aromatic heterocycles. The fourth-order valence-electron chi connectivity index (χ4n) is 3.78. The number of amides is 1. The van der Waals surface area contributed by atoms with E-state index < -0.39 is 0 Å². The molecule has 0 radical (unpaired) electrons. The number of rotatable bonds is 9. The number of nitrogens with one attached hydrogen (secondary N) is 1. The largest absolute Gasteiger partial charge is 0.493 e. The molecule has 0 aliphatic rings. The number of benzene rings is 3. The summed E-state index contributed by atoms with van der Waals surface area (Å²) in [6, 6.07) is 21.5. The molecule has 0 fully saturated rings. The van der Waals surface area contributed by atoms with Gasteiger partial charge in [-0.25, -0.2) is 9.07 Å². The van der Waals surface area contributed by atoms with E-state index in [4.69, 9.17) is 14.6 Å². The van der Waals surface area contributed by atoms with Crippen LogP contribution in [0.5, 0.6) is 11.5 Å². The Kier molecular flexibility index (Phi) is 7.22. The molecule has 0 saturated heterocycles. The van der Waals surface area contributed by atoms with Gasteiger partial charge >= 0.3 is 0 Å². The number of aromatic nitrogens is 2. The van der Waals surface area contributed by atoms with Crippen molar-refractivity contribution in [3.63, 3.8) is 0 Å². The van der Waals surface area contributed by atoms with Crippen LogP contribution >= 0.6 is 0 Å². The number of methoxy groups -OCH3 is 2. The van der Waals surface area contributed by atoms with E-state index in [1.807, 2.05) is 54.7 Å². The summed E-state index contributed by atoms with van der Waals surface area (Å²) in [5.41, 5.74) is 4.11. The monoisotopic (exact) mass is 459 g/mol. The smallest absolute Gasteiger partial charge is 0.220 e. The second-order valence-corrected chi connectivity index (χ2v) is 7.72. The summed E-state index contributed by atoms with van der Waals surface area (Å²) >= 11 is 0. The van der Waals surface area contributed by atoms with Gasteiger partial charge in [-0.05, 0) is 54.4 Å². The molecule has 0 saturated carbocycles. The van der Waals surface area contributed by atoms with Crippen molar-refractivity contribution in [1.29, 1.82) is 0 Å². The summed E-state index contributed by atoms with van der Waals surface area (Å²) in [6.07, 6.45) is 2.70. The lowest BCUT2D eigenvalue weighted by Crippen LogP contribution is -2.23.